The zero-order chi connectivity index (χ0) is 12.3. The second-order valence-corrected chi connectivity index (χ2v) is 6.51. The van der Waals surface area contributed by atoms with Gasteiger partial charge in [0.05, 0.1) is 0 Å². The molecule has 3 N–H and O–H groups in total. The molecule has 94 valence electrons. The summed E-state index contributed by atoms with van der Waals surface area (Å²) in [5.74, 6) is 3.86. The summed E-state index contributed by atoms with van der Waals surface area (Å²) in [5.41, 5.74) is 7.90. The maximum Gasteiger partial charge on any atom is 0.106 e. The molecule has 1 aromatic rings. The van der Waals surface area contributed by atoms with Crippen molar-refractivity contribution >= 4 is 22.9 Å². The van der Waals surface area contributed by atoms with Crippen LogP contribution in [0.2, 0.25) is 0 Å². The number of rotatable bonds is 3. The summed E-state index contributed by atoms with van der Waals surface area (Å²) in [5, 5.41) is 3.70. The first kappa shape index (κ1) is 10.8. The minimum absolute atomic E-state index is 0.492. The van der Waals surface area contributed by atoms with Gasteiger partial charge >= 0.3 is 0 Å². The van der Waals surface area contributed by atoms with Crippen LogP contribution in [0.1, 0.15) is 24.8 Å². The molecule has 0 saturated heterocycles. The summed E-state index contributed by atoms with van der Waals surface area (Å²) in [7, 11) is 0. The molecule has 1 aromatic carbocycles. The molecule has 4 atom stereocenters. The standard InChI is InChI=1S/C15H18N2S/c16-15(18)10-3-1-2-4-11(10)17-14-12-8-5-6-9(7-8)13(12)14/h1-4,8-9,12-14,17H,5-7H2,(H2,16,18). The number of fused-ring (bicyclic) bond motifs is 5. The Labute approximate surface area is 113 Å². The van der Waals surface area contributed by atoms with Gasteiger partial charge in [0, 0.05) is 17.3 Å². The molecule has 3 aliphatic carbocycles. The number of nitrogens with two attached hydrogens (primary N) is 1. The van der Waals surface area contributed by atoms with Gasteiger partial charge in [-0.25, -0.2) is 0 Å². The van der Waals surface area contributed by atoms with Gasteiger partial charge in [-0.2, -0.15) is 0 Å². The molecule has 3 heteroatoms. The van der Waals surface area contributed by atoms with Crippen molar-refractivity contribution in [2.24, 2.45) is 29.4 Å². The highest BCUT2D eigenvalue weighted by atomic mass is 32.1. The molecule has 0 spiro atoms. The summed E-state index contributed by atoms with van der Waals surface area (Å²) < 4.78 is 0. The normalized spacial score (nSPS) is 39.4. The molecule has 3 fully saturated rings. The number of benzene rings is 1. The Bertz CT molecular complexity index is 497. The molecule has 4 unspecified atom stereocenters. The molecule has 3 saturated carbocycles. The first-order valence-electron chi connectivity index (χ1n) is 6.91. The molecule has 0 heterocycles. The SMILES string of the molecule is NC(=S)c1ccccc1NC1C2C3CCC(C3)C12. The Balaban J connectivity index is 1.55. The number of para-hydroxylation sites is 1. The third kappa shape index (κ3) is 1.43. The Hall–Kier alpha value is -1.09. The second kappa shape index (κ2) is 3.70. The molecule has 0 aromatic heterocycles. The molecule has 0 radical (unpaired) electrons. The zero-order valence-corrected chi connectivity index (χ0v) is 11.1. The Kier molecular flexibility index (Phi) is 2.22. The Morgan fingerprint density at radius 3 is 2.50 bits per heavy atom. The van der Waals surface area contributed by atoms with Crippen LogP contribution in [0.4, 0.5) is 5.69 Å². The van der Waals surface area contributed by atoms with E-state index in [-0.39, 0.29) is 0 Å². The van der Waals surface area contributed by atoms with Gasteiger partial charge in [-0.3, -0.25) is 0 Å². The summed E-state index contributed by atoms with van der Waals surface area (Å²) >= 11 is 5.12. The van der Waals surface area contributed by atoms with Gasteiger partial charge < -0.3 is 11.1 Å². The van der Waals surface area contributed by atoms with E-state index < -0.39 is 0 Å². The maximum absolute atomic E-state index is 5.78. The van der Waals surface area contributed by atoms with Gasteiger partial charge in [0.1, 0.15) is 4.99 Å². The molecule has 3 aliphatic rings. The van der Waals surface area contributed by atoms with E-state index in [0.717, 1.165) is 34.9 Å². The lowest BCUT2D eigenvalue weighted by Gasteiger charge is -2.14. The van der Waals surface area contributed by atoms with E-state index in [1.54, 1.807) is 0 Å². The number of hydrogen-bond donors (Lipinski definition) is 2. The predicted octanol–water partition coefficient (Wildman–Crippen LogP) is 2.78. The average molecular weight is 258 g/mol. The van der Waals surface area contributed by atoms with E-state index in [0.29, 0.717) is 11.0 Å². The molecule has 2 nitrogen and oxygen atoms in total. The van der Waals surface area contributed by atoms with Crippen molar-refractivity contribution in [1.29, 1.82) is 0 Å². The van der Waals surface area contributed by atoms with Gasteiger partial charge in [0.2, 0.25) is 0 Å². The van der Waals surface area contributed by atoms with E-state index in [1.165, 1.54) is 19.3 Å². The first-order chi connectivity index (χ1) is 8.75. The van der Waals surface area contributed by atoms with Crippen LogP contribution in [0.25, 0.3) is 0 Å². The molecule has 0 aliphatic heterocycles. The lowest BCUT2D eigenvalue weighted by atomic mass is 10.0. The van der Waals surface area contributed by atoms with Crippen LogP contribution in [0.15, 0.2) is 24.3 Å². The number of thiocarbonyl (C=S) groups is 1. The van der Waals surface area contributed by atoms with Crippen molar-refractivity contribution in [2.45, 2.75) is 25.3 Å². The highest BCUT2D eigenvalue weighted by Gasteiger charge is 2.65. The van der Waals surface area contributed by atoms with E-state index in [4.69, 9.17) is 18.0 Å². The van der Waals surface area contributed by atoms with Crippen molar-refractivity contribution < 1.29 is 0 Å². The minimum atomic E-state index is 0.492. The third-order valence-corrected chi connectivity index (χ3v) is 5.47. The second-order valence-electron chi connectivity index (χ2n) is 6.07. The maximum atomic E-state index is 5.78. The van der Waals surface area contributed by atoms with Crippen molar-refractivity contribution in [1.82, 2.24) is 0 Å². The topological polar surface area (TPSA) is 38.0 Å². The smallest absolute Gasteiger partial charge is 0.106 e. The fraction of sp³-hybridized carbons (Fsp3) is 0.533. The lowest BCUT2D eigenvalue weighted by Crippen LogP contribution is -2.17. The molecule has 2 bridgehead atoms. The van der Waals surface area contributed by atoms with E-state index in [2.05, 4.69) is 17.4 Å². The van der Waals surface area contributed by atoms with Crippen LogP contribution in [0.3, 0.4) is 0 Å². The van der Waals surface area contributed by atoms with Gasteiger partial charge in [-0.1, -0.05) is 24.4 Å². The van der Waals surface area contributed by atoms with Crippen molar-refractivity contribution in [2.75, 3.05) is 5.32 Å². The lowest BCUT2D eigenvalue weighted by molar-refractivity contribution is 0.456. The quantitative estimate of drug-likeness (QED) is 0.819. The van der Waals surface area contributed by atoms with Gasteiger partial charge in [0.15, 0.2) is 0 Å². The summed E-state index contributed by atoms with van der Waals surface area (Å²) in [6.45, 7) is 0. The fourth-order valence-electron chi connectivity index (χ4n) is 4.52. The summed E-state index contributed by atoms with van der Waals surface area (Å²) in [6, 6.07) is 8.85. The van der Waals surface area contributed by atoms with Crippen LogP contribution in [-0.2, 0) is 0 Å². The van der Waals surface area contributed by atoms with E-state index in [1.807, 2.05) is 12.1 Å². The van der Waals surface area contributed by atoms with Crippen molar-refractivity contribution in [3.8, 4) is 0 Å². The summed E-state index contributed by atoms with van der Waals surface area (Å²) in [4.78, 5) is 0.492. The number of anilines is 1. The highest BCUT2D eigenvalue weighted by Crippen LogP contribution is 2.66. The first-order valence-corrected chi connectivity index (χ1v) is 7.32. The fourth-order valence-corrected chi connectivity index (χ4v) is 4.70. The predicted molar refractivity (Wildman–Crippen MR) is 77.6 cm³/mol. The Morgan fingerprint density at radius 2 is 1.83 bits per heavy atom. The molecule has 0 amide bonds. The van der Waals surface area contributed by atoms with Crippen LogP contribution < -0.4 is 11.1 Å². The molecular weight excluding hydrogens is 240 g/mol. The Morgan fingerprint density at radius 1 is 1.17 bits per heavy atom. The van der Waals surface area contributed by atoms with Crippen molar-refractivity contribution in [3.05, 3.63) is 29.8 Å². The van der Waals surface area contributed by atoms with E-state index in [9.17, 15) is 0 Å². The number of hydrogen-bond acceptors (Lipinski definition) is 2. The van der Waals surface area contributed by atoms with Gasteiger partial charge in [0.25, 0.3) is 0 Å². The zero-order valence-electron chi connectivity index (χ0n) is 10.3. The third-order valence-electron chi connectivity index (χ3n) is 5.25. The molecule has 4 rings (SSSR count). The highest BCUT2D eigenvalue weighted by molar-refractivity contribution is 7.80. The monoisotopic (exact) mass is 258 g/mol. The largest absolute Gasteiger partial charge is 0.389 e. The van der Waals surface area contributed by atoms with Crippen LogP contribution in [-0.4, -0.2) is 11.0 Å². The number of nitrogens with one attached hydrogen (secondary N) is 1. The molecule has 18 heavy (non-hydrogen) atoms. The van der Waals surface area contributed by atoms with Crippen LogP contribution in [0.5, 0.6) is 0 Å². The minimum Gasteiger partial charge on any atom is -0.389 e. The van der Waals surface area contributed by atoms with Crippen LogP contribution >= 0.6 is 12.2 Å². The van der Waals surface area contributed by atoms with Crippen LogP contribution in [0, 0.1) is 23.7 Å². The van der Waals surface area contributed by atoms with E-state index >= 15 is 0 Å². The summed E-state index contributed by atoms with van der Waals surface area (Å²) in [6.07, 6.45) is 4.41. The van der Waals surface area contributed by atoms with Gasteiger partial charge in [-0.15, -0.1) is 0 Å². The van der Waals surface area contributed by atoms with Gasteiger partial charge in [-0.05, 0) is 55.1 Å². The average Bonchev–Trinajstić information content (AvgIpc) is 2.78. The van der Waals surface area contributed by atoms with Crippen molar-refractivity contribution in [3.63, 3.8) is 0 Å². The molecular formula is C15H18N2S.